The number of nitrogens with one attached hydrogen (secondary N) is 1. The minimum absolute atomic E-state index is 0.00607. The monoisotopic (exact) mass is 391 g/mol. The number of benzene rings is 1. The molecule has 0 unspecified atom stereocenters. The molecule has 3 aromatic rings. The Morgan fingerprint density at radius 1 is 1.15 bits per heavy atom. The molecule has 10 heteroatoms. The minimum Gasteiger partial charge on any atom is -0.394 e. The van der Waals surface area contributed by atoms with Gasteiger partial charge in [-0.05, 0) is 17.2 Å². The van der Waals surface area contributed by atoms with E-state index in [1.165, 1.54) is 10.9 Å². The number of imidazole rings is 1. The van der Waals surface area contributed by atoms with Crippen molar-refractivity contribution in [1.82, 2.24) is 19.5 Å². The summed E-state index contributed by atoms with van der Waals surface area (Å²) in [4.78, 5) is 12.7. The van der Waals surface area contributed by atoms with Gasteiger partial charge < -0.3 is 25.4 Å². The Bertz CT molecular complexity index is 938. The second kappa shape index (κ2) is 7.37. The number of fused-ring (bicyclic) bond motifs is 1. The molecule has 142 valence electrons. The largest absolute Gasteiger partial charge is 0.394 e. The molecule has 2 aromatic heterocycles. The molecule has 4 rings (SSSR count). The van der Waals surface area contributed by atoms with E-state index in [2.05, 4.69) is 20.3 Å². The number of nitrogens with zero attached hydrogens (tertiary/aromatic N) is 4. The maximum atomic E-state index is 10.3. The first-order chi connectivity index (χ1) is 13.1. The Morgan fingerprint density at radius 3 is 2.63 bits per heavy atom. The Kier molecular flexibility index (Phi) is 4.94. The van der Waals surface area contributed by atoms with E-state index in [1.807, 2.05) is 30.3 Å². The van der Waals surface area contributed by atoms with E-state index in [0.29, 0.717) is 23.5 Å². The van der Waals surface area contributed by atoms with Crippen LogP contribution in [-0.2, 0) is 11.3 Å². The van der Waals surface area contributed by atoms with Crippen LogP contribution in [0.1, 0.15) is 11.8 Å². The zero-order valence-electron chi connectivity index (χ0n) is 14.1. The number of rotatable bonds is 5. The fraction of sp³-hybridized carbons (Fsp3) is 0.353. The van der Waals surface area contributed by atoms with E-state index in [-0.39, 0.29) is 5.28 Å². The number of hydrogen-bond donors (Lipinski definition) is 4. The normalized spacial score (nSPS) is 25.2. The molecule has 0 spiro atoms. The maximum Gasteiger partial charge on any atom is 0.226 e. The van der Waals surface area contributed by atoms with E-state index in [0.717, 1.165) is 5.56 Å². The summed E-state index contributed by atoms with van der Waals surface area (Å²) in [6.07, 6.45) is -2.87. The number of hydrogen-bond acceptors (Lipinski definition) is 8. The summed E-state index contributed by atoms with van der Waals surface area (Å²) in [6, 6.07) is 9.77. The standard InChI is InChI=1S/C17H18ClN5O4/c18-17-21-14(19-6-9-4-2-1-3-5-9)11-15(22-17)23(8-20-11)16-13(26)12(25)10(7-24)27-16/h1-5,8,10,12-13,16,24-26H,6-7H2,(H,19,21,22)/t10-,12-,13-,16-/m1/s1. The third-order valence-corrected chi connectivity index (χ3v) is 4.66. The second-order valence-electron chi connectivity index (χ2n) is 6.23. The first-order valence-corrected chi connectivity index (χ1v) is 8.76. The van der Waals surface area contributed by atoms with Gasteiger partial charge in [0.2, 0.25) is 5.28 Å². The number of ether oxygens (including phenoxy) is 1. The Morgan fingerprint density at radius 2 is 1.93 bits per heavy atom. The van der Waals surface area contributed by atoms with Crippen molar-refractivity contribution in [2.45, 2.75) is 31.1 Å². The molecule has 1 saturated heterocycles. The quantitative estimate of drug-likeness (QED) is 0.468. The predicted molar refractivity (Wildman–Crippen MR) is 97.1 cm³/mol. The minimum atomic E-state index is -1.24. The summed E-state index contributed by atoms with van der Waals surface area (Å²) in [5.41, 5.74) is 1.86. The van der Waals surface area contributed by atoms with Crippen molar-refractivity contribution in [2.75, 3.05) is 11.9 Å². The number of aromatic nitrogens is 4. The van der Waals surface area contributed by atoms with Crippen molar-refractivity contribution in [2.24, 2.45) is 0 Å². The lowest BCUT2D eigenvalue weighted by Crippen LogP contribution is -2.33. The maximum absolute atomic E-state index is 10.3. The van der Waals surface area contributed by atoms with Gasteiger partial charge in [-0.15, -0.1) is 0 Å². The summed E-state index contributed by atoms with van der Waals surface area (Å²) >= 11 is 6.07. The molecule has 3 heterocycles. The third-order valence-electron chi connectivity index (χ3n) is 4.49. The summed E-state index contributed by atoms with van der Waals surface area (Å²) < 4.78 is 7.02. The van der Waals surface area contributed by atoms with Gasteiger partial charge in [-0.25, -0.2) is 4.98 Å². The van der Waals surface area contributed by atoms with Crippen LogP contribution in [0.5, 0.6) is 0 Å². The van der Waals surface area contributed by atoms with Crippen LogP contribution in [0.3, 0.4) is 0 Å². The molecule has 0 radical (unpaired) electrons. The number of aliphatic hydroxyl groups is 3. The van der Waals surface area contributed by atoms with Gasteiger partial charge in [-0.2, -0.15) is 9.97 Å². The zero-order valence-corrected chi connectivity index (χ0v) is 14.9. The van der Waals surface area contributed by atoms with Crippen LogP contribution in [0.25, 0.3) is 11.2 Å². The molecule has 9 nitrogen and oxygen atoms in total. The Hall–Kier alpha value is -2.30. The van der Waals surface area contributed by atoms with Crippen molar-refractivity contribution < 1.29 is 20.1 Å². The fourth-order valence-electron chi connectivity index (χ4n) is 3.09. The molecule has 0 amide bonds. The van der Waals surface area contributed by atoms with E-state index < -0.39 is 31.1 Å². The lowest BCUT2D eigenvalue weighted by atomic mass is 10.1. The van der Waals surface area contributed by atoms with E-state index >= 15 is 0 Å². The van der Waals surface area contributed by atoms with Crippen LogP contribution in [-0.4, -0.2) is 59.8 Å². The Labute approximate surface area is 159 Å². The van der Waals surface area contributed by atoms with E-state index in [9.17, 15) is 15.3 Å². The molecule has 27 heavy (non-hydrogen) atoms. The van der Waals surface area contributed by atoms with Crippen LogP contribution >= 0.6 is 11.6 Å². The first-order valence-electron chi connectivity index (χ1n) is 8.39. The van der Waals surface area contributed by atoms with Crippen LogP contribution < -0.4 is 5.32 Å². The molecule has 0 saturated carbocycles. The van der Waals surface area contributed by atoms with Crippen molar-refractivity contribution >= 4 is 28.6 Å². The van der Waals surface area contributed by atoms with Crippen molar-refractivity contribution in [1.29, 1.82) is 0 Å². The zero-order chi connectivity index (χ0) is 19.0. The lowest BCUT2D eigenvalue weighted by Gasteiger charge is -2.16. The smallest absolute Gasteiger partial charge is 0.226 e. The number of aliphatic hydroxyl groups excluding tert-OH is 3. The van der Waals surface area contributed by atoms with E-state index in [4.69, 9.17) is 16.3 Å². The molecule has 1 aromatic carbocycles. The predicted octanol–water partition coefficient (Wildman–Crippen LogP) is 0.703. The second-order valence-corrected chi connectivity index (χ2v) is 6.57. The molecular formula is C17H18ClN5O4. The summed E-state index contributed by atoms with van der Waals surface area (Å²) in [6.45, 7) is 0.102. The first kappa shape index (κ1) is 18.1. The third kappa shape index (κ3) is 3.35. The molecule has 4 atom stereocenters. The van der Waals surface area contributed by atoms with Crippen molar-refractivity contribution in [3.63, 3.8) is 0 Å². The summed E-state index contributed by atoms with van der Waals surface area (Å²) in [5.74, 6) is 0.444. The van der Waals surface area contributed by atoms with Crippen LogP contribution in [0, 0.1) is 0 Å². The number of anilines is 1. The molecule has 1 aliphatic heterocycles. The van der Waals surface area contributed by atoms with Gasteiger partial charge in [0, 0.05) is 6.54 Å². The van der Waals surface area contributed by atoms with Gasteiger partial charge in [0.25, 0.3) is 0 Å². The van der Waals surface area contributed by atoms with E-state index in [1.54, 1.807) is 0 Å². The highest BCUT2D eigenvalue weighted by molar-refractivity contribution is 6.28. The molecule has 1 aliphatic rings. The van der Waals surface area contributed by atoms with Crippen LogP contribution in [0.15, 0.2) is 36.7 Å². The van der Waals surface area contributed by atoms with Gasteiger partial charge in [-0.3, -0.25) is 4.57 Å². The van der Waals surface area contributed by atoms with Gasteiger partial charge in [-0.1, -0.05) is 30.3 Å². The Balaban J connectivity index is 1.66. The average molecular weight is 392 g/mol. The SMILES string of the molecule is OC[C@H]1O[C@@H](n2cnc3c(NCc4ccccc4)nc(Cl)nc32)[C@H](O)[C@@H]1O. The van der Waals surface area contributed by atoms with Crippen molar-refractivity contribution in [3.8, 4) is 0 Å². The van der Waals surface area contributed by atoms with Gasteiger partial charge >= 0.3 is 0 Å². The highest BCUT2D eigenvalue weighted by Gasteiger charge is 2.44. The molecular weight excluding hydrogens is 374 g/mol. The molecule has 4 N–H and O–H groups in total. The van der Waals surface area contributed by atoms with Crippen molar-refractivity contribution in [3.05, 3.63) is 47.5 Å². The topological polar surface area (TPSA) is 126 Å². The van der Waals surface area contributed by atoms with Crippen LogP contribution in [0.2, 0.25) is 5.28 Å². The molecule has 1 fully saturated rings. The van der Waals surface area contributed by atoms with Gasteiger partial charge in [0.1, 0.15) is 18.3 Å². The highest BCUT2D eigenvalue weighted by Crippen LogP contribution is 2.32. The summed E-state index contributed by atoms with van der Waals surface area (Å²) in [5, 5.41) is 32.7. The number of halogens is 1. The average Bonchev–Trinajstić information content (AvgIpc) is 3.22. The summed E-state index contributed by atoms with van der Waals surface area (Å²) in [7, 11) is 0. The van der Waals surface area contributed by atoms with Gasteiger partial charge in [0.15, 0.2) is 23.2 Å². The van der Waals surface area contributed by atoms with Gasteiger partial charge in [0.05, 0.1) is 12.9 Å². The van der Waals surface area contributed by atoms with Crippen LogP contribution in [0.4, 0.5) is 5.82 Å². The lowest BCUT2D eigenvalue weighted by molar-refractivity contribution is -0.0511. The fourth-order valence-corrected chi connectivity index (χ4v) is 3.26. The molecule has 0 aliphatic carbocycles. The molecule has 0 bridgehead atoms. The highest BCUT2D eigenvalue weighted by atomic mass is 35.5.